The van der Waals surface area contributed by atoms with Crippen LogP contribution in [0, 0.1) is 0 Å². The SMILES string of the molecule is COc1cc(CC2(N)CCCCC2N)cc(OC)c1OC. The molecule has 2 rings (SSSR count). The maximum absolute atomic E-state index is 6.55. The first-order chi connectivity index (χ1) is 10.0. The second-order valence-electron chi connectivity index (χ2n) is 5.80. The van der Waals surface area contributed by atoms with E-state index in [2.05, 4.69) is 0 Å². The molecule has 1 aliphatic carbocycles. The number of rotatable bonds is 5. The van der Waals surface area contributed by atoms with Crippen LogP contribution in [0.5, 0.6) is 17.2 Å². The number of hydrogen-bond donors (Lipinski definition) is 2. The van der Waals surface area contributed by atoms with Gasteiger partial charge >= 0.3 is 0 Å². The van der Waals surface area contributed by atoms with Gasteiger partial charge < -0.3 is 25.7 Å². The van der Waals surface area contributed by atoms with E-state index in [9.17, 15) is 0 Å². The highest BCUT2D eigenvalue weighted by Crippen LogP contribution is 2.39. The van der Waals surface area contributed by atoms with Gasteiger partial charge in [-0.05, 0) is 37.0 Å². The Labute approximate surface area is 126 Å². The maximum Gasteiger partial charge on any atom is 0.203 e. The molecule has 0 spiro atoms. The molecule has 5 nitrogen and oxygen atoms in total. The zero-order valence-corrected chi connectivity index (χ0v) is 13.1. The molecule has 0 amide bonds. The van der Waals surface area contributed by atoms with E-state index in [0.717, 1.165) is 31.2 Å². The predicted octanol–water partition coefficient (Wildman–Crippen LogP) is 1.85. The molecule has 0 aromatic heterocycles. The first-order valence-electron chi connectivity index (χ1n) is 7.37. The van der Waals surface area contributed by atoms with Crippen molar-refractivity contribution in [2.45, 2.75) is 43.7 Å². The molecule has 0 radical (unpaired) electrons. The lowest BCUT2D eigenvalue weighted by Crippen LogP contribution is -2.58. The van der Waals surface area contributed by atoms with E-state index < -0.39 is 0 Å². The molecular formula is C16H26N2O3. The van der Waals surface area contributed by atoms with Crippen LogP contribution in [-0.4, -0.2) is 32.9 Å². The molecule has 2 unspecified atom stereocenters. The van der Waals surface area contributed by atoms with Crippen molar-refractivity contribution in [2.24, 2.45) is 11.5 Å². The van der Waals surface area contributed by atoms with Gasteiger partial charge in [-0.25, -0.2) is 0 Å². The van der Waals surface area contributed by atoms with Gasteiger partial charge in [0.1, 0.15) is 0 Å². The Hall–Kier alpha value is -1.46. The van der Waals surface area contributed by atoms with E-state index in [-0.39, 0.29) is 11.6 Å². The largest absolute Gasteiger partial charge is 0.493 e. The lowest BCUT2D eigenvalue weighted by Gasteiger charge is -2.39. The van der Waals surface area contributed by atoms with Crippen LogP contribution in [0.15, 0.2) is 12.1 Å². The Morgan fingerprint density at radius 1 is 1.10 bits per heavy atom. The lowest BCUT2D eigenvalue weighted by atomic mass is 9.75. The van der Waals surface area contributed by atoms with Crippen LogP contribution in [0.4, 0.5) is 0 Å². The summed E-state index contributed by atoms with van der Waals surface area (Å²) in [7, 11) is 4.83. The Balaban J connectivity index is 2.31. The van der Waals surface area contributed by atoms with Gasteiger partial charge in [0.15, 0.2) is 11.5 Å². The van der Waals surface area contributed by atoms with Crippen molar-refractivity contribution in [3.05, 3.63) is 17.7 Å². The zero-order chi connectivity index (χ0) is 15.5. The van der Waals surface area contributed by atoms with Crippen LogP contribution >= 0.6 is 0 Å². The maximum atomic E-state index is 6.55. The van der Waals surface area contributed by atoms with Crippen LogP contribution in [-0.2, 0) is 6.42 Å². The molecule has 21 heavy (non-hydrogen) atoms. The summed E-state index contributed by atoms with van der Waals surface area (Å²) in [4.78, 5) is 0. The average Bonchev–Trinajstić information content (AvgIpc) is 2.49. The lowest BCUT2D eigenvalue weighted by molar-refractivity contribution is 0.250. The highest BCUT2D eigenvalue weighted by molar-refractivity contribution is 5.54. The van der Waals surface area contributed by atoms with E-state index >= 15 is 0 Å². The molecule has 1 aliphatic rings. The van der Waals surface area contributed by atoms with E-state index in [1.54, 1.807) is 21.3 Å². The molecule has 1 aromatic carbocycles. The molecule has 5 heteroatoms. The second-order valence-corrected chi connectivity index (χ2v) is 5.80. The standard InChI is InChI=1S/C16H26N2O3/c1-19-12-8-11(9-13(20-2)15(12)21-3)10-16(18)7-5-4-6-14(16)17/h8-9,14H,4-7,10,17-18H2,1-3H3. The molecule has 1 aromatic rings. The summed E-state index contributed by atoms with van der Waals surface area (Å²) in [5.74, 6) is 1.91. The summed E-state index contributed by atoms with van der Waals surface area (Å²) in [5, 5.41) is 0. The van der Waals surface area contributed by atoms with Gasteiger partial charge in [0.2, 0.25) is 5.75 Å². The monoisotopic (exact) mass is 294 g/mol. The quantitative estimate of drug-likeness (QED) is 0.866. The van der Waals surface area contributed by atoms with Crippen molar-refractivity contribution < 1.29 is 14.2 Å². The normalized spacial score (nSPS) is 25.5. The second kappa shape index (κ2) is 6.54. The average molecular weight is 294 g/mol. The molecule has 1 saturated carbocycles. The molecule has 0 saturated heterocycles. The summed E-state index contributed by atoms with van der Waals surface area (Å²) in [6, 6.07) is 3.94. The van der Waals surface area contributed by atoms with Crippen molar-refractivity contribution in [1.29, 1.82) is 0 Å². The molecule has 0 bridgehead atoms. The third-order valence-electron chi connectivity index (χ3n) is 4.40. The first-order valence-corrected chi connectivity index (χ1v) is 7.37. The molecular weight excluding hydrogens is 268 g/mol. The molecule has 2 atom stereocenters. The topological polar surface area (TPSA) is 79.7 Å². The number of benzene rings is 1. The number of methoxy groups -OCH3 is 3. The van der Waals surface area contributed by atoms with Gasteiger partial charge in [-0.2, -0.15) is 0 Å². The van der Waals surface area contributed by atoms with E-state index in [0.29, 0.717) is 23.7 Å². The molecule has 1 fully saturated rings. The number of nitrogens with two attached hydrogens (primary N) is 2. The van der Waals surface area contributed by atoms with Crippen molar-refractivity contribution in [3.63, 3.8) is 0 Å². The van der Waals surface area contributed by atoms with E-state index in [1.165, 1.54) is 0 Å². The highest BCUT2D eigenvalue weighted by Gasteiger charge is 2.35. The van der Waals surface area contributed by atoms with Crippen LogP contribution < -0.4 is 25.7 Å². The molecule has 4 N–H and O–H groups in total. The van der Waals surface area contributed by atoms with E-state index in [1.807, 2.05) is 12.1 Å². The fraction of sp³-hybridized carbons (Fsp3) is 0.625. The highest BCUT2D eigenvalue weighted by atomic mass is 16.5. The van der Waals surface area contributed by atoms with Crippen LogP contribution in [0.2, 0.25) is 0 Å². The number of ether oxygens (including phenoxy) is 3. The molecule has 118 valence electrons. The number of hydrogen-bond acceptors (Lipinski definition) is 5. The third-order valence-corrected chi connectivity index (χ3v) is 4.40. The first kappa shape index (κ1) is 15.9. The van der Waals surface area contributed by atoms with Gasteiger partial charge in [-0.1, -0.05) is 12.8 Å². The summed E-state index contributed by atoms with van der Waals surface area (Å²) in [5.41, 5.74) is 13.5. The van der Waals surface area contributed by atoms with Crippen molar-refractivity contribution >= 4 is 0 Å². The Morgan fingerprint density at radius 3 is 2.19 bits per heavy atom. The minimum Gasteiger partial charge on any atom is -0.493 e. The van der Waals surface area contributed by atoms with Gasteiger partial charge in [-0.3, -0.25) is 0 Å². The summed E-state index contributed by atoms with van der Waals surface area (Å²) >= 11 is 0. The summed E-state index contributed by atoms with van der Waals surface area (Å²) in [6.07, 6.45) is 4.95. The Kier molecular flexibility index (Phi) is 4.96. The third kappa shape index (κ3) is 3.24. The Morgan fingerprint density at radius 2 is 1.71 bits per heavy atom. The summed E-state index contributed by atoms with van der Waals surface area (Å²) in [6.45, 7) is 0. The van der Waals surface area contributed by atoms with Crippen molar-refractivity contribution in [1.82, 2.24) is 0 Å². The van der Waals surface area contributed by atoms with Gasteiger partial charge in [0.25, 0.3) is 0 Å². The van der Waals surface area contributed by atoms with Gasteiger partial charge in [0.05, 0.1) is 21.3 Å². The van der Waals surface area contributed by atoms with E-state index in [4.69, 9.17) is 25.7 Å². The van der Waals surface area contributed by atoms with Crippen LogP contribution in [0.25, 0.3) is 0 Å². The zero-order valence-electron chi connectivity index (χ0n) is 13.1. The molecule has 0 heterocycles. The van der Waals surface area contributed by atoms with Gasteiger partial charge in [0, 0.05) is 11.6 Å². The van der Waals surface area contributed by atoms with Crippen molar-refractivity contribution in [2.75, 3.05) is 21.3 Å². The predicted molar refractivity (Wildman–Crippen MR) is 83.2 cm³/mol. The van der Waals surface area contributed by atoms with Crippen molar-refractivity contribution in [3.8, 4) is 17.2 Å². The smallest absolute Gasteiger partial charge is 0.203 e. The fourth-order valence-electron chi connectivity index (χ4n) is 3.13. The molecule has 0 aliphatic heterocycles. The minimum atomic E-state index is -0.358. The summed E-state index contributed by atoms with van der Waals surface area (Å²) < 4.78 is 16.1. The van der Waals surface area contributed by atoms with Crippen LogP contribution in [0.1, 0.15) is 31.2 Å². The van der Waals surface area contributed by atoms with Gasteiger partial charge in [-0.15, -0.1) is 0 Å². The van der Waals surface area contributed by atoms with Crippen LogP contribution in [0.3, 0.4) is 0 Å². The fourth-order valence-corrected chi connectivity index (χ4v) is 3.13. The Bertz CT molecular complexity index is 467. The minimum absolute atomic E-state index is 0.0327.